The first kappa shape index (κ1) is 21.5. The summed E-state index contributed by atoms with van der Waals surface area (Å²) in [4.78, 5) is 3.46. The molecule has 0 spiro atoms. The Bertz CT molecular complexity index is 1150. The van der Waals surface area contributed by atoms with Gasteiger partial charge in [0, 0.05) is 13.3 Å². The van der Waals surface area contributed by atoms with E-state index in [1.54, 1.807) is 6.92 Å². The van der Waals surface area contributed by atoms with Crippen LogP contribution in [0.25, 0.3) is 11.6 Å². The molecule has 0 saturated carbocycles. The van der Waals surface area contributed by atoms with Crippen molar-refractivity contribution in [2.24, 2.45) is 0 Å². The maximum absolute atomic E-state index is 12.7. The van der Waals surface area contributed by atoms with Crippen LogP contribution in [0.3, 0.4) is 0 Å². The molecule has 2 N–H and O–H groups in total. The summed E-state index contributed by atoms with van der Waals surface area (Å²) in [6.07, 6.45) is -4.31. The number of benzene rings is 1. The number of sulfone groups is 1. The minimum Gasteiger partial charge on any atom is -0.416 e. The number of hydrogen-bond acceptors (Lipinski definition) is 9. The van der Waals surface area contributed by atoms with Crippen molar-refractivity contribution in [3.8, 4) is 17.3 Å². The molecule has 2 aromatic heterocycles. The summed E-state index contributed by atoms with van der Waals surface area (Å²) < 4.78 is 76.4. The minimum atomic E-state index is -4.88. The van der Waals surface area contributed by atoms with Crippen molar-refractivity contribution in [3.63, 3.8) is 0 Å². The van der Waals surface area contributed by atoms with Crippen LogP contribution in [0.15, 0.2) is 50.7 Å². The van der Waals surface area contributed by atoms with Gasteiger partial charge in [-0.05, 0) is 37.3 Å². The summed E-state index contributed by atoms with van der Waals surface area (Å²) in [5.41, 5.74) is 5.93. The number of aromatic nitrogens is 3. The van der Waals surface area contributed by atoms with Crippen LogP contribution in [-0.2, 0) is 14.6 Å². The van der Waals surface area contributed by atoms with Crippen molar-refractivity contribution in [1.82, 2.24) is 15.2 Å². The number of anilines is 1. The standard InChI is InChI=1S/C17H15F3N4O5S/c1-9(27-2)15-23-24-16(28-15)14-13(21)7-12(8-22-14)30(25,26)11-5-3-10(4-6-11)29-17(18,19)20/h3-9H,21H2,1-2H3/t9-/m1/s1. The Kier molecular flexibility index (Phi) is 5.67. The van der Waals surface area contributed by atoms with Crippen LogP contribution in [0.2, 0.25) is 0 Å². The number of nitrogens with two attached hydrogens (primary N) is 1. The Balaban J connectivity index is 1.89. The molecule has 30 heavy (non-hydrogen) atoms. The Morgan fingerprint density at radius 2 is 1.80 bits per heavy atom. The van der Waals surface area contributed by atoms with Gasteiger partial charge in [-0.2, -0.15) is 0 Å². The number of methoxy groups -OCH3 is 1. The molecule has 160 valence electrons. The van der Waals surface area contributed by atoms with Crippen molar-refractivity contribution in [2.75, 3.05) is 12.8 Å². The van der Waals surface area contributed by atoms with Gasteiger partial charge in [-0.3, -0.25) is 0 Å². The van der Waals surface area contributed by atoms with Crippen molar-refractivity contribution in [3.05, 3.63) is 42.4 Å². The number of alkyl halides is 3. The molecule has 0 unspecified atom stereocenters. The van der Waals surface area contributed by atoms with Gasteiger partial charge in [-0.15, -0.1) is 23.4 Å². The van der Waals surface area contributed by atoms with Gasteiger partial charge in [0.1, 0.15) is 11.9 Å². The lowest BCUT2D eigenvalue weighted by Crippen LogP contribution is -2.17. The van der Waals surface area contributed by atoms with Crippen LogP contribution in [-0.4, -0.2) is 37.1 Å². The number of hydrogen-bond donors (Lipinski definition) is 1. The third-order valence-corrected chi connectivity index (χ3v) is 5.65. The third-order valence-electron chi connectivity index (χ3n) is 3.91. The first-order valence-corrected chi connectivity index (χ1v) is 9.72. The van der Waals surface area contributed by atoms with Gasteiger partial charge < -0.3 is 19.6 Å². The van der Waals surface area contributed by atoms with E-state index in [0.717, 1.165) is 36.5 Å². The molecular weight excluding hydrogens is 429 g/mol. The molecule has 9 nitrogen and oxygen atoms in total. The van der Waals surface area contributed by atoms with Gasteiger partial charge >= 0.3 is 6.36 Å². The molecule has 3 rings (SSSR count). The molecule has 0 saturated heterocycles. The maximum Gasteiger partial charge on any atom is 0.573 e. The van der Waals surface area contributed by atoms with E-state index in [0.29, 0.717) is 0 Å². The SMILES string of the molecule is CO[C@H](C)c1nnc(-c2ncc(S(=O)(=O)c3ccc(OC(F)(F)F)cc3)cc2N)o1. The second kappa shape index (κ2) is 7.91. The van der Waals surface area contributed by atoms with Crippen LogP contribution in [0.5, 0.6) is 5.75 Å². The summed E-state index contributed by atoms with van der Waals surface area (Å²) in [5.74, 6) is -0.387. The quantitative estimate of drug-likeness (QED) is 0.609. The summed E-state index contributed by atoms with van der Waals surface area (Å²) >= 11 is 0. The predicted molar refractivity (Wildman–Crippen MR) is 95.9 cm³/mol. The van der Waals surface area contributed by atoms with Gasteiger partial charge in [0.25, 0.3) is 5.89 Å². The average molecular weight is 444 g/mol. The van der Waals surface area contributed by atoms with E-state index in [1.165, 1.54) is 7.11 Å². The molecule has 0 amide bonds. The van der Waals surface area contributed by atoms with Crippen molar-refractivity contribution in [1.29, 1.82) is 0 Å². The first-order valence-electron chi connectivity index (χ1n) is 8.24. The van der Waals surface area contributed by atoms with Crippen molar-refractivity contribution in [2.45, 2.75) is 29.2 Å². The molecule has 0 aliphatic rings. The average Bonchev–Trinajstić information content (AvgIpc) is 3.16. The summed E-state index contributed by atoms with van der Waals surface area (Å²) in [7, 11) is -2.64. The summed E-state index contributed by atoms with van der Waals surface area (Å²) in [5, 5.41) is 7.62. The van der Waals surface area contributed by atoms with Gasteiger partial charge in [-0.1, -0.05) is 0 Å². The molecule has 0 bridgehead atoms. The molecule has 0 aliphatic heterocycles. The van der Waals surface area contributed by atoms with Crippen molar-refractivity contribution < 1.29 is 35.5 Å². The van der Waals surface area contributed by atoms with Crippen LogP contribution in [0, 0.1) is 0 Å². The lowest BCUT2D eigenvalue weighted by Gasteiger charge is -2.10. The van der Waals surface area contributed by atoms with Gasteiger partial charge in [-0.25, -0.2) is 13.4 Å². The molecule has 1 aromatic carbocycles. The predicted octanol–water partition coefficient (Wildman–Crippen LogP) is 3.15. The molecule has 13 heteroatoms. The summed E-state index contributed by atoms with van der Waals surface area (Å²) in [6, 6.07) is 4.89. The van der Waals surface area contributed by atoms with Crippen LogP contribution in [0.1, 0.15) is 18.9 Å². The lowest BCUT2D eigenvalue weighted by molar-refractivity contribution is -0.274. The third kappa shape index (κ3) is 4.52. The number of ether oxygens (including phenoxy) is 2. The fourth-order valence-electron chi connectivity index (χ4n) is 2.34. The molecular formula is C17H15F3N4O5S. The second-order valence-corrected chi connectivity index (χ2v) is 7.90. The highest BCUT2D eigenvalue weighted by atomic mass is 32.2. The maximum atomic E-state index is 12.7. The number of halogens is 3. The van der Waals surface area contributed by atoms with Crippen LogP contribution >= 0.6 is 0 Å². The van der Waals surface area contributed by atoms with E-state index in [1.807, 2.05) is 0 Å². The molecule has 0 aliphatic carbocycles. The lowest BCUT2D eigenvalue weighted by atomic mass is 10.3. The zero-order valence-corrected chi connectivity index (χ0v) is 16.4. The van der Waals surface area contributed by atoms with Crippen LogP contribution in [0.4, 0.5) is 18.9 Å². The topological polar surface area (TPSA) is 130 Å². The molecule has 3 aromatic rings. The zero-order valence-electron chi connectivity index (χ0n) is 15.5. The molecule has 1 atom stereocenters. The van der Waals surface area contributed by atoms with E-state index in [-0.39, 0.29) is 33.0 Å². The fourth-order valence-corrected chi connectivity index (χ4v) is 3.58. The van der Waals surface area contributed by atoms with E-state index in [4.69, 9.17) is 14.9 Å². The summed E-state index contributed by atoms with van der Waals surface area (Å²) in [6.45, 7) is 1.69. The number of rotatable bonds is 6. The van der Waals surface area contributed by atoms with E-state index < -0.39 is 28.1 Å². The van der Waals surface area contributed by atoms with Gasteiger partial charge in [0.05, 0.1) is 15.5 Å². The Hall–Kier alpha value is -3.19. The molecule has 0 fully saturated rings. The number of nitrogens with zero attached hydrogens (tertiary/aromatic N) is 3. The van der Waals surface area contributed by atoms with Crippen molar-refractivity contribution >= 4 is 15.5 Å². The monoisotopic (exact) mass is 444 g/mol. The Labute approximate surface area is 168 Å². The normalized spacial score (nSPS) is 13.2. The highest BCUT2D eigenvalue weighted by Crippen LogP contribution is 2.30. The fraction of sp³-hybridized carbons (Fsp3) is 0.235. The Morgan fingerprint density at radius 3 is 2.37 bits per heavy atom. The second-order valence-electron chi connectivity index (χ2n) is 5.95. The highest BCUT2D eigenvalue weighted by molar-refractivity contribution is 7.91. The largest absolute Gasteiger partial charge is 0.573 e. The number of nitrogen functional groups attached to an aromatic ring is 1. The Morgan fingerprint density at radius 1 is 1.13 bits per heavy atom. The number of pyridine rings is 1. The highest BCUT2D eigenvalue weighted by Gasteiger charge is 2.31. The van der Waals surface area contributed by atoms with Gasteiger partial charge in [0.2, 0.25) is 15.7 Å². The first-order chi connectivity index (χ1) is 14.0. The molecule has 0 radical (unpaired) electrons. The smallest absolute Gasteiger partial charge is 0.416 e. The van der Waals surface area contributed by atoms with Crippen LogP contribution < -0.4 is 10.5 Å². The zero-order chi connectivity index (χ0) is 22.1. The van der Waals surface area contributed by atoms with Gasteiger partial charge in [0.15, 0.2) is 5.69 Å². The van der Waals surface area contributed by atoms with E-state index in [9.17, 15) is 21.6 Å². The van der Waals surface area contributed by atoms with E-state index >= 15 is 0 Å². The van der Waals surface area contributed by atoms with E-state index in [2.05, 4.69) is 19.9 Å². The minimum absolute atomic E-state index is 0.0241. The molecule has 2 heterocycles.